The number of amides is 1. The van der Waals surface area contributed by atoms with Gasteiger partial charge in [0.2, 0.25) is 5.91 Å². The number of nitrogens with one attached hydrogen (secondary N) is 1. The molecule has 0 unspecified atom stereocenters. The Bertz CT molecular complexity index is 1240. The molecule has 0 saturated carbocycles. The van der Waals surface area contributed by atoms with Gasteiger partial charge in [-0.1, -0.05) is 17.8 Å². The van der Waals surface area contributed by atoms with Gasteiger partial charge in [-0.05, 0) is 48.5 Å². The first-order valence-electron chi connectivity index (χ1n) is 9.00. The first-order chi connectivity index (χ1) is 14.8. The van der Waals surface area contributed by atoms with Crippen LogP contribution in [0, 0.1) is 5.82 Å². The molecule has 2 heterocycles. The number of fused-ring (bicyclic) bond motifs is 1. The van der Waals surface area contributed by atoms with Crippen LogP contribution in [0.5, 0.6) is 0 Å². The first-order valence-corrected chi connectivity index (χ1v) is 9.98. The number of carbonyl (C=O) groups is 1. The van der Waals surface area contributed by atoms with Gasteiger partial charge in [0.1, 0.15) is 10.8 Å². The molecule has 0 aliphatic rings. The van der Waals surface area contributed by atoms with E-state index in [-0.39, 0.29) is 17.3 Å². The summed E-state index contributed by atoms with van der Waals surface area (Å²) in [4.78, 5) is 16.5. The van der Waals surface area contributed by atoms with Crippen molar-refractivity contribution in [3.63, 3.8) is 0 Å². The first kappa shape index (κ1) is 20.9. The maximum Gasteiger partial charge on any atom is 0.416 e. The molecule has 0 fully saturated rings. The molecule has 158 valence electrons. The maximum absolute atomic E-state index is 13.2. The lowest BCUT2D eigenvalue weighted by Gasteiger charge is -2.09. The average Bonchev–Trinajstić information content (AvgIpc) is 3.17. The lowest BCUT2D eigenvalue weighted by Crippen LogP contribution is -2.15. The largest absolute Gasteiger partial charge is 0.416 e. The van der Waals surface area contributed by atoms with E-state index in [0.717, 1.165) is 29.5 Å². The predicted octanol–water partition coefficient (Wildman–Crippen LogP) is 5.29. The summed E-state index contributed by atoms with van der Waals surface area (Å²) in [7, 11) is 0. The summed E-state index contributed by atoms with van der Waals surface area (Å²) in [6.07, 6.45) is -1.31. The number of nitrogens with zero attached hydrogens (tertiary/aromatic N) is 3. The Hall–Kier alpha value is -3.40. The van der Waals surface area contributed by atoms with Crippen molar-refractivity contribution in [1.82, 2.24) is 14.6 Å². The van der Waals surface area contributed by atoms with Crippen LogP contribution in [0.3, 0.4) is 0 Å². The van der Waals surface area contributed by atoms with E-state index in [4.69, 9.17) is 0 Å². The quantitative estimate of drug-likeness (QED) is 0.335. The van der Waals surface area contributed by atoms with Crippen molar-refractivity contribution < 1.29 is 22.4 Å². The molecule has 4 rings (SSSR count). The second-order valence-electron chi connectivity index (χ2n) is 6.51. The molecule has 0 aliphatic carbocycles. The zero-order chi connectivity index (χ0) is 22.0. The van der Waals surface area contributed by atoms with Crippen LogP contribution < -0.4 is 5.32 Å². The number of hydrogen-bond acceptors (Lipinski definition) is 4. The number of carbonyl (C=O) groups excluding carboxylic acids is 1. The number of hydrogen-bond donors (Lipinski definition) is 1. The van der Waals surface area contributed by atoms with Crippen LogP contribution >= 0.6 is 11.8 Å². The van der Waals surface area contributed by atoms with E-state index >= 15 is 0 Å². The predicted molar refractivity (Wildman–Crippen MR) is 109 cm³/mol. The molecule has 2 aromatic heterocycles. The molecule has 31 heavy (non-hydrogen) atoms. The monoisotopic (exact) mass is 446 g/mol. The second-order valence-corrected chi connectivity index (χ2v) is 7.48. The number of anilines is 1. The van der Waals surface area contributed by atoms with Crippen molar-refractivity contribution in [3.05, 3.63) is 78.4 Å². The van der Waals surface area contributed by atoms with Gasteiger partial charge in [0.15, 0.2) is 0 Å². The van der Waals surface area contributed by atoms with Gasteiger partial charge < -0.3 is 5.32 Å². The number of rotatable bonds is 5. The van der Waals surface area contributed by atoms with Crippen LogP contribution in [-0.4, -0.2) is 26.3 Å². The fraction of sp³-hybridized carbons (Fsp3) is 0.0952. The highest BCUT2D eigenvalue weighted by Crippen LogP contribution is 2.31. The molecule has 4 aromatic rings. The fourth-order valence-electron chi connectivity index (χ4n) is 2.88. The standard InChI is InChI=1S/C21H14F4N4OS/c22-15-6-4-13(5-7-15)17-11-18-20(26-8-9-29(18)28-17)31-12-19(30)27-16-3-1-2-14(10-16)21(23,24)25/h1-11H,12H2,(H,27,30). The van der Waals surface area contributed by atoms with E-state index in [2.05, 4.69) is 15.4 Å². The molecule has 0 radical (unpaired) electrons. The van der Waals surface area contributed by atoms with Crippen LogP contribution in [0.1, 0.15) is 5.56 Å². The van der Waals surface area contributed by atoms with Gasteiger partial charge in [0.05, 0.1) is 22.5 Å². The minimum Gasteiger partial charge on any atom is -0.325 e. The van der Waals surface area contributed by atoms with Crippen molar-refractivity contribution in [2.45, 2.75) is 11.2 Å². The van der Waals surface area contributed by atoms with E-state index < -0.39 is 17.6 Å². The van der Waals surface area contributed by atoms with Gasteiger partial charge in [-0.3, -0.25) is 4.79 Å². The summed E-state index contributed by atoms with van der Waals surface area (Å²) >= 11 is 1.13. The third-order valence-electron chi connectivity index (χ3n) is 4.31. The summed E-state index contributed by atoms with van der Waals surface area (Å²) in [5.41, 5.74) is 1.22. The lowest BCUT2D eigenvalue weighted by molar-refractivity contribution is -0.137. The minimum absolute atomic E-state index is 0.0556. The molecule has 5 nitrogen and oxygen atoms in total. The van der Waals surface area contributed by atoms with Crippen molar-refractivity contribution >= 4 is 28.9 Å². The zero-order valence-corrected chi connectivity index (χ0v) is 16.5. The molecular weight excluding hydrogens is 432 g/mol. The van der Waals surface area contributed by atoms with E-state index in [1.165, 1.54) is 30.5 Å². The van der Waals surface area contributed by atoms with Crippen LogP contribution in [0.25, 0.3) is 16.8 Å². The highest BCUT2D eigenvalue weighted by atomic mass is 32.2. The smallest absolute Gasteiger partial charge is 0.325 e. The van der Waals surface area contributed by atoms with E-state index in [9.17, 15) is 22.4 Å². The molecule has 1 amide bonds. The van der Waals surface area contributed by atoms with Gasteiger partial charge in [-0.15, -0.1) is 0 Å². The Kier molecular flexibility index (Phi) is 5.64. The Morgan fingerprint density at radius 1 is 1.10 bits per heavy atom. The number of aromatic nitrogens is 3. The number of thioether (sulfide) groups is 1. The molecule has 10 heteroatoms. The zero-order valence-electron chi connectivity index (χ0n) is 15.7. The Morgan fingerprint density at radius 3 is 2.61 bits per heavy atom. The van der Waals surface area contributed by atoms with E-state index in [1.807, 2.05) is 0 Å². The summed E-state index contributed by atoms with van der Waals surface area (Å²) in [6.45, 7) is 0. The third kappa shape index (κ3) is 4.85. The van der Waals surface area contributed by atoms with Gasteiger partial charge >= 0.3 is 6.18 Å². The van der Waals surface area contributed by atoms with Gasteiger partial charge in [0.25, 0.3) is 0 Å². The Balaban J connectivity index is 1.48. The molecule has 1 N–H and O–H groups in total. The van der Waals surface area contributed by atoms with Crippen LogP contribution in [0.4, 0.5) is 23.2 Å². The van der Waals surface area contributed by atoms with Gasteiger partial charge in [-0.25, -0.2) is 13.9 Å². The molecule has 0 saturated heterocycles. The molecule has 0 spiro atoms. The Labute approximate surface area is 178 Å². The normalized spacial score (nSPS) is 11.6. The average molecular weight is 446 g/mol. The third-order valence-corrected chi connectivity index (χ3v) is 5.30. The van der Waals surface area contributed by atoms with Gasteiger partial charge in [0, 0.05) is 23.6 Å². The number of halogens is 4. The highest BCUT2D eigenvalue weighted by molar-refractivity contribution is 8.00. The number of alkyl halides is 3. The Morgan fingerprint density at radius 2 is 1.87 bits per heavy atom. The molecule has 2 aromatic carbocycles. The molecular formula is C21H14F4N4OS. The summed E-state index contributed by atoms with van der Waals surface area (Å²) in [5.74, 6) is -0.872. The summed E-state index contributed by atoms with van der Waals surface area (Å²) in [6, 6.07) is 12.1. The van der Waals surface area contributed by atoms with Crippen LogP contribution in [0.2, 0.25) is 0 Å². The maximum atomic E-state index is 13.2. The molecule has 0 aliphatic heterocycles. The van der Waals surface area contributed by atoms with E-state index in [0.29, 0.717) is 16.2 Å². The molecule has 0 atom stereocenters. The SMILES string of the molecule is O=C(CSc1nccn2nc(-c3ccc(F)cc3)cc12)Nc1cccc(C(F)(F)F)c1. The summed E-state index contributed by atoms with van der Waals surface area (Å²) in [5, 5.41) is 7.43. The topological polar surface area (TPSA) is 59.3 Å². The second kappa shape index (κ2) is 8.38. The van der Waals surface area contributed by atoms with Crippen LogP contribution in [0.15, 0.2) is 72.0 Å². The van der Waals surface area contributed by atoms with Crippen molar-refractivity contribution in [1.29, 1.82) is 0 Å². The van der Waals surface area contributed by atoms with Gasteiger partial charge in [-0.2, -0.15) is 18.3 Å². The number of benzene rings is 2. The van der Waals surface area contributed by atoms with Crippen molar-refractivity contribution in [3.8, 4) is 11.3 Å². The summed E-state index contributed by atoms with van der Waals surface area (Å²) < 4.78 is 53.2. The highest BCUT2D eigenvalue weighted by Gasteiger charge is 2.30. The molecule has 0 bridgehead atoms. The van der Waals surface area contributed by atoms with E-state index in [1.54, 1.807) is 28.9 Å². The van der Waals surface area contributed by atoms with Crippen LogP contribution in [-0.2, 0) is 11.0 Å². The lowest BCUT2D eigenvalue weighted by atomic mass is 10.1. The fourth-order valence-corrected chi connectivity index (χ4v) is 3.65. The minimum atomic E-state index is -4.49. The van der Waals surface area contributed by atoms with Crippen molar-refractivity contribution in [2.24, 2.45) is 0 Å². The van der Waals surface area contributed by atoms with Crippen molar-refractivity contribution in [2.75, 3.05) is 11.1 Å².